The maximum absolute atomic E-state index is 5.91. The summed E-state index contributed by atoms with van der Waals surface area (Å²) in [6.45, 7) is 2.57. The molecular formula is C10H16N6. The molecule has 0 radical (unpaired) electrons. The van der Waals surface area contributed by atoms with Crippen LogP contribution in [0.4, 0.5) is 11.5 Å². The third-order valence-corrected chi connectivity index (χ3v) is 2.63. The Morgan fingerprint density at radius 3 is 2.62 bits per heavy atom. The first-order valence-corrected chi connectivity index (χ1v) is 5.09. The minimum absolute atomic E-state index is 0.680. The van der Waals surface area contributed by atoms with Gasteiger partial charge < -0.3 is 11.1 Å². The van der Waals surface area contributed by atoms with Crippen LogP contribution in [0.5, 0.6) is 0 Å². The molecule has 6 nitrogen and oxygen atoms in total. The molecule has 0 saturated heterocycles. The van der Waals surface area contributed by atoms with E-state index < -0.39 is 0 Å². The lowest BCUT2D eigenvalue weighted by atomic mass is 10.3. The van der Waals surface area contributed by atoms with E-state index in [4.69, 9.17) is 5.73 Å². The van der Waals surface area contributed by atoms with Gasteiger partial charge in [0.05, 0.1) is 23.6 Å². The fourth-order valence-electron chi connectivity index (χ4n) is 1.63. The Labute approximate surface area is 94.1 Å². The van der Waals surface area contributed by atoms with Crippen molar-refractivity contribution in [1.82, 2.24) is 19.6 Å². The van der Waals surface area contributed by atoms with Crippen LogP contribution in [-0.2, 0) is 20.6 Å². The standard InChI is InChI=1S/C10H16N6/c1-7-9(11)10(16(3)14-7)12-6-8-4-5-13-15(8)2/h4-5,12H,6,11H2,1-3H3. The number of aromatic nitrogens is 4. The molecule has 0 atom stereocenters. The Balaban J connectivity index is 2.13. The molecule has 2 aromatic rings. The highest BCUT2D eigenvalue weighted by atomic mass is 15.3. The van der Waals surface area contributed by atoms with Crippen LogP contribution in [0.25, 0.3) is 0 Å². The van der Waals surface area contributed by atoms with Gasteiger partial charge in [-0.2, -0.15) is 10.2 Å². The number of rotatable bonds is 3. The summed E-state index contributed by atoms with van der Waals surface area (Å²) in [5.74, 6) is 0.846. The SMILES string of the molecule is Cc1nn(C)c(NCc2ccnn2C)c1N. The third-order valence-electron chi connectivity index (χ3n) is 2.63. The molecule has 16 heavy (non-hydrogen) atoms. The van der Waals surface area contributed by atoms with Gasteiger partial charge in [-0.1, -0.05) is 0 Å². The Morgan fingerprint density at radius 1 is 1.38 bits per heavy atom. The lowest BCUT2D eigenvalue weighted by Gasteiger charge is -2.07. The summed E-state index contributed by atoms with van der Waals surface area (Å²) >= 11 is 0. The number of nitrogens with zero attached hydrogens (tertiary/aromatic N) is 4. The van der Waals surface area contributed by atoms with Gasteiger partial charge in [-0.15, -0.1) is 0 Å². The molecule has 0 aliphatic heterocycles. The monoisotopic (exact) mass is 220 g/mol. The van der Waals surface area contributed by atoms with Crippen LogP contribution in [0.3, 0.4) is 0 Å². The minimum Gasteiger partial charge on any atom is -0.394 e. The van der Waals surface area contributed by atoms with E-state index in [2.05, 4.69) is 15.5 Å². The average Bonchev–Trinajstić information content (AvgIpc) is 2.72. The van der Waals surface area contributed by atoms with Gasteiger partial charge in [0.15, 0.2) is 0 Å². The number of nitrogen functional groups attached to an aromatic ring is 1. The van der Waals surface area contributed by atoms with Crippen molar-refractivity contribution in [2.24, 2.45) is 14.1 Å². The van der Waals surface area contributed by atoms with Gasteiger partial charge >= 0.3 is 0 Å². The third kappa shape index (κ3) is 1.73. The van der Waals surface area contributed by atoms with E-state index in [9.17, 15) is 0 Å². The molecule has 6 heteroatoms. The highest BCUT2D eigenvalue weighted by Gasteiger charge is 2.09. The molecule has 2 heterocycles. The van der Waals surface area contributed by atoms with Crippen LogP contribution < -0.4 is 11.1 Å². The van der Waals surface area contributed by atoms with Crippen molar-refractivity contribution >= 4 is 11.5 Å². The van der Waals surface area contributed by atoms with Crippen molar-refractivity contribution < 1.29 is 0 Å². The maximum Gasteiger partial charge on any atom is 0.148 e. The normalized spacial score (nSPS) is 10.7. The van der Waals surface area contributed by atoms with Crippen molar-refractivity contribution in [2.75, 3.05) is 11.1 Å². The first-order valence-electron chi connectivity index (χ1n) is 5.09. The molecule has 0 bridgehead atoms. The highest BCUT2D eigenvalue weighted by Crippen LogP contribution is 2.21. The average molecular weight is 220 g/mol. The zero-order valence-corrected chi connectivity index (χ0v) is 9.73. The molecule has 0 aliphatic carbocycles. The second kappa shape index (κ2) is 3.88. The summed E-state index contributed by atoms with van der Waals surface area (Å²) in [5, 5.41) is 11.6. The molecule has 2 rings (SSSR count). The second-order valence-corrected chi connectivity index (χ2v) is 3.77. The summed E-state index contributed by atoms with van der Waals surface area (Å²) in [5.41, 5.74) is 8.55. The smallest absolute Gasteiger partial charge is 0.148 e. The van der Waals surface area contributed by atoms with Gasteiger partial charge in [0.2, 0.25) is 0 Å². The molecule has 0 aliphatic rings. The van der Waals surface area contributed by atoms with Gasteiger partial charge in [0.1, 0.15) is 5.82 Å². The quantitative estimate of drug-likeness (QED) is 0.796. The molecule has 0 amide bonds. The van der Waals surface area contributed by atoms with Gasteiger partial charge in [-0.05, 0) is 13.0 Å². The zero-order chi connectivity index (χ0) is 11.7. The van der Waals surface area contributed by atoms with Crippen molar-refractivity contribution in [1.29, 1.82) is 0 Å². The van der Waals surface area contributed by atoms with Crippen molar-refractivity contribution in [3.8, 4) is 0 Å². The fourth-order valence-corrected chi connectivity index (χ4v) is 1.63. The molecule has 2 aromatic heterocycles. The number of hydrogen-bond donors (Lipinski definition) is 2. The Kier molecular flexibility index (Phi) is 2.55. The Hall–Kier alpha value is -1.98. The predicted octanol–water partition coefficient (Wildman–Crippen LogP) is 0.656. The van der Waals surface area contributed by atoms with Gasteiger partial charge in [-0.25, -0.2) is 0 Å². The molecule has 0 fully saturated rings. The van der Waals surface area contributed by atoms with E-state index in [0.29, 0.717) is 12.2 Å². The van der Waals surface area contributed by atoms with Crippen LogP contribution in [-0.4, -0.2) is 19.6 Å². The lowest BCUT2D eigenvalue weighted by molar-refractivity contribution is 0.712. The molecule has 3 N–H and O–H groups in total. The molecule has 0 spiro atoms. The first kappa shape index (κ1) is 10.5. The van der Waals surface area contributed by atoms with E-state index in [-0.39, 0.29) is 0 Å². The van der Waals surface area contributed by atoms with E-state index in [1.807, 2.05) is 31.8 Å². The van der Waals surface area contributed by atoms with E-state index >= 15 is 0 Å². The number of anilines is 2. The van der Waals surface area contributed by atoms with Crippen LogP contribution in [0.2, 0.25) is 0 Å². The Bertz CT molecular complexity index is 495. The highest BCUT2D eigenvalue weighted by molar-refractivity contribution is 5.64. The largest absolute Gasteiger partial charge is 0.394 e. The summed E-state index contributed by atoms with van der Waals surface area (Å²) in [4.78, 5) is 0. The summed E-state index contributed by atoms with van der Waals surface area (Å²) in [6, 6.07) is 1.96. The molecule has 86 valence electrons. The minimum atomic E-state index is 0.680. The molecule has 0 saturated carbocycles. The maximum atomic E-state index is 5.91. The van der Waals surface area contributed by atoms with Crippen molar-refractivity contribution in [2.45, 2.75) is 13.5 Å². The summed E-state index contributed by atoms with van der Waals surface area (Å²) in [6.07, 6.45) is 1.77. The molecule has 0 aromatic carbocycles. The molecule has 0 unspecified atom stereocenters. The van der Waals surface area contributed by atoms with E-state index in [1.165, 1.54) is 0 Å². The van der Waals surface area contributed by atoms with Crippen LogP contribution in [0.15, 0.2) is 12.3 Å². The fraction of sp³-hybridized carbons (Fsp3) is 0.400. The van der Waals surface area contributed by atoms with Crippen LogP contribution in [0.1, 0.15) is 11.4 Å². The number of nitrogens with two attached hydrogens (primary N) is 1. The summed E-state index contributed by atoms with van der Waals surface area (Å²) < 4.78 is 3.58. The Morgan fingerprint density at radius 2 is 2.12 bits per heavy atom. The van der Waals surface area contributed by atoms with Crippen LogP contribution >= 0.6 is 0 Å². The number of hydrogen-bond acceptors (Lipinski definition) is 4. The van der Waals surface area contributed by atoms with Crippen LogP contribution in [0, 0.1) is 6.92 Å². The predicted molar refractivity (Wildman–Crippen MR) is 62.9 cm³/mol. The zero-order valence-electron chi connectivity index (χ0n) is 9.73. The molecular weight excluding hydrogens is 204 g/mol. The van der Waals surface area contributed by atoms with Crippen molar-refractivity contribution in [3.05, 3.63) is 23.7 Å². The second-order valence-electron chi connectivity index (χ2n) is 3.77. The summed E-state index contributed by atoms with van der Waals surface area (Å²) in [7, 11) is 3.78. The number of nitrogens with one attached hydrogen (secondary N) is 1. The topological polar surface area (TPSA) is 73.7 Å². The van der Waals surface area contributed by atoms with Gasteiger partial charge in [-0.3, -0.25) is 9.36 Å². The van der Waals surface area contributed by atoms with E-state index in [0.717, 1.165) is 17.2 Å². The van der Waals surface area contributed by atoms with E-state index in [1.54, 1.807) is 10.9 Å². The van der Waals surface area contributed by atoms with Crippen molar-refractivity contribution in [3.63, 3.8) is 0 Å². The number of aryl methyl sites for hydroxylation is 3. The van der Waals surface area contributed by atoms with Gasteiger partial charge in [0.25, 0.3) is 0 Å². The first-order chi connectivity index (χ1) is 7.59. The lowest BCUT2D eigenvalue weighted by Crippen LogP contribution is -2.09. The van der Waals surface area contributed by atoms with Gasteiger partial charge in [0, 0.05) is 20.3 Å².